The van der Waals surface area contributed by atoms with Crippen LogP contribution in [-0.2, 0) is 0 Å². The van der Waals surface area contributed by atoms with E-state index in [0.29, 0.717) is 21.6 Å². The molecule has 19 heavy (non-hydrogen) atoms. The monoisotopic (exact) mass is 291 g/mol. The van der Waals surface area contributed by atoms with Crippen LogP contribution in [0.5, 0.6) is 0 Å². The molecule has 0 spiro atoms. The molecular weight excluding hydrogens is 281 g/mol. The van der Waals surface area contributed by atoms with Crippen molar-refractivity contribution in [3.8, 4) is 11.3 Å². The Bertz CT molecular complexity index is 778. The van der Waals surface area contributed by atoms with Gasteiger partial charge in [-0.2, -0.15) is 0 Å². The number of pyridine rings is 1. The molecule has 0 saturated heterocycles. The molecule has 0 unspecified atom stereocenters. The summed E-state index contributed by atoms with van der Waals surface area (Å²) in [6, 6.07) is 9.35. The zero-order chi connectivity index (χ0) is 13.6. The Kier molecular flexibility index (Phi) is 2.88. The van der Waals surface area contributed by atoms with Gasteiger partial charge >= 0.3 is 0 Å². The van der Waals surface area contributed by atoms with Crippen LogP contribution in [0, 0.1) is 6.92 Å². The summed E-state index contributed by atoms with van der Waals surface area (Å²) in [5, 5.41) is 1.01. The fraction of sp³-hybridized carbons (Fsp3) is 0.0714. The van der Waals surface area contributed by atoms with Gasteiger partial charge in [-0.1, -0.05) is 29.3 Å². The highest BCUT2D eigenvalue weighted by molar-refractivity contribution is 6.42. The molecule has 2 aromatic heterocycles. The summed E-state index contributed by atoms with van der Waals surface area (Å²) in [6.07, 6.45) is 1.91. The third-order valence-electron chi connectivity index (χ3n) is 3.01. The van der Waals surface area contributed by atoms with Crippen molar-refractivity contribution >= 4 is 34.7 Å². The van der Waals surface area contributed by atoms with Crippen molar-refractivity contribution in [2.45, 2.75) is 6.92 Å². The van der Waals surface area contributed by atoms with Gasteiger partial charge in [0.05, 0.1) is 10.0 Å². The van der Waals surface area contributed by atoms with Crippen LogP contribution < -0.4 is 5.73 Å². The summed E-state index contributed by atoms with van der Waals surface area (Å²) in [5.41, 5.74) is 9.66. The number of fused-ring (bicyclic) bond motifs is 1. The molecule has 96 valence electrons. The Morgan fingerprint density at radius 2 is 1.89 bits per heavy atom. The van der Waals surface area contributed by atoms with Crippen LogP contribution in [0.3, 0.4) is 0 Å². The Morgan fingerprint density at radius 3 is 2.63 bits per heavy atom. The quantitative estimate of drug-likeness (QED) is 0.730. The first-order valence-corrected chi connectivity index (χ1v) is 6.51. The normalized spacial score (nSPS) is 11.1. The predicted octanol–water partition coefficient (Wildman–Crippen LogP) is 4.20. The first-order chi connectivity index (χ1) is 9.06. The van der Waals surface area contributed by atoms with Gasteiger partial charge in [-0.3, -0.25) is 4.40 Å². The molecule has 0 aliphatic rings. The smallest absolute Gasteiger partial charge is 0.139 e. The van der Waals surface area contributed by atoms with Crippen molar-refractivity contribution in [1.82, 2.24) is 9.38 Å². The number of nitrogens with two attached hydrogens (primary N) is 1. The molecule has 5 heteroatoms. The lowest BCUT2D eigenvalue weighted by atomic mass is 10.1. The number of anilines is 1. The first-order valence-electron chi connectivity index (χ1n) is 5.76. The lowest BCUT2D eigenvalue weighted by molar-refractivity contribution is 1.18. The van der Waals surface area contributed by atoms with Crippen molar-refractivity contribution < 1.29 is 0 Å². The average molecular weight is 292 g/mol. The maximum absolute atomic E-state index is 6.13. The van der Waals surface area contributed by atoms with E-state index in [4.69, 9.17) is 28.9 Å². The minimum atomic E-state index is 0.492. The molecule has 2 N–H and O–H groups in total. The Morgan fingerprint density at radius 1 is 1.11 bits per heavy atom. The highest BCUT2D eigenvalue weighted by Crippen LogP contribution is 2.31. The summed E-state index contributed by atoms with van der Waals surface area (Å²) < 4.78 is 1.85. The zero-order valence-electron chi connectivity index (χ0n) is 10.2. The topological polar surface area (TPSA) is 43.3 Å². The number of halogens is 2. The summed E-state index contributed by atoms with van der Waals surface area (Å²) >= 11 is 12.0. The minimum absolute atomic E-state index is 0.492. The van der Waals surface area contributed by atoms with Gasteiger partial charge in [0.2, 0.25) is 0 Å². The molecule has 0 fully saturated rings. The second kappa shape index (κ2) is 4.44. The van der Waals surface area contributed by atoms with E-state index < -0.39 is 0 Å². The van der Waals surface area contributed by atoms with Gasteiger partial charge in [-0.25, -0.2) is 4.98 Å². The Labute approximate surface area is 120 Å². The zero-order valence-corrected chi connectivity index (χ0v) is 11.7. The molecular formula is C14H11Cl2N3. The third kappa shape index (κ3) is 2.05. The second-order valence-corrected chi connectivity index (χ2v) is 5.22. The fourth-order valence-electron chi connectivity index (χ4n) is 2.02. The second-order valence-electron chi connectivity index (χ2n) is 4.41. The fourth-order valence-corrected chi connectivity index (χ4v) is 2.32. The molecule has 0 radical (unpaired) electrons. The van der Waals surface area contributed by atoms with Crippen molar-refractivity contribution in [1.29, 1.82) is 0 Å². The summed E-state index contributed by atoms with van der Waals surface area (Å²) in [7, 11) is 0. The molecule has 0 aliphatic heterocycles. The molecule has 1 aromatic carbocycles. The SMILES string of the molecule is Cc1ccn2c(N)c(-c3ccc(Cl)c(Cl)c3)nc2c1. The highest BCUT2D eigenvalue weighted by Gasteiger charge is 2.12. The number of hydrogen-bond acceptors (Lipinski definition) is 2. The molecule has 0 bridgehead atoms. The van der Waals surface area contributed by atoms with E-state index in [1.54, 1.807) is 12.1 Å². The van der Waals surface area contributed by atoms with Crippen LogP contribution in [0.2, 0.25) is 10.0 Å². The van der Waals surface area contributed by atoms with Gasteiger partial charge in [0, 0.05) is 11.8 Å². The van der Waals surface area contributed by atoms with Crippen LogP contribution in [0.4, 0.5) is 5.82 Å². The van der Waals surface area contributed by atoms with Crippen molar-refractivity contribution in [3.05, 3.63) is 52.1 Å². The number of hydrogen-bond donors (Lipinski definition) is 1. The summed E-state index contributed by atoms with van der Waals surface area (Å²) in [6.45, 7) is 2.02. The summed E-state index contributed by atoms with van der Waals surface area (Å²) in [4.78, 5) is 4.55. The molecule has 0 aliphatic carbocycles. The van der Waals surface area contributed by atoms with Crippen LogP contribution in [0.1, 0.15) is 5.56 Å². The Balaban J connectivity index is 2.24. The molecule has 0 atom stereocenters. The molecule has 0 amide bonds. The molecule has 3 aromatic rings. The number of aromatic nitrogens is 2. The van der Waals surface area contributed by atoms with Crippen molar-refractivity contribution in [2.24, 2.45) is 0 Å². The lowest BCUT2D eigenvalue weighted by Gasteiger charge is -2.01. The third-order valence-corrected chi connectivity index (χ3v) is 3.75. The standard InChI is InChI=1S/C14H11Cl2N3/c1-8-4-5-19-12(6-8)18-13(14(19)17)9-2-3-10(15)11(16)7-9/h2-7H,17H2,1H3. The van der Waals surface area contributed by atoms with E-state index in [-0.39, 0.29) is 0 Å². The number of nitrogens with zero attached hydrogens (tertiary/aromatic N) is 2. The molecule has 0 saturated carbocycles. The first kappa shape index (κ1) is 12.3. The lowest BCUT2D eigenvalue weighted by Crippen LogP contribution is -1.94. The minimum Gasteiger partial charge on any atom is -0.383 e. The molecule has 3 nitrogen and oxygen atoms in total. The van der Waals surface area contributed by atoms with Gasteiger partial charge in [0.1, 0.15) is 17.2 Å². The van der Waals surface area contributed by atoms with E-state index in [0.717, 1.165) is 16.8 Å². The van der Waals surface area contributed by atoms with E-state index in [1.165, 1.54) is 0 Å². The summed E-state index contributed by atoms with van der Waals surface area (Å²) in [5.74, 6) is 0.591. The molecule has 3 rings (SSSR count). The number of imidazole rings is 1. The van der Waals surface area contributed by atoms with Gasteiger partial charge in [0.15, 0.2) is 0 Å². The van der Waals surface area contributed by atoms with Gasteiger partial charge in [-0.05, 0) is 36.8 Å². The van der Waals surface area contributed by atoms with E-state index in [2.05, 4.69) is 4.98 Å². The van der Waals surface area contributed by atoms with Gasteiger partial charge in [-0.15, -0.1) is 0 Å². The maximum atomic E-state index is 6.13. The van der Waals surface area contributed by atoms with Gasteiger partial charge in [0.25, 0.3) is 0 Å². The number of rotatable bonds is 1. The van der Waals surface area contributed by atoms with E-state index in [9.17, 15) is 0 Å². The van der Waals surface area contributed by atoms with Crippen LogP contribution >= 0.6 is 23.2 Å². The molecule has 2 heterocycles. The largest absolute Gasteiger partial charge is 0.383 e. The van der Waals surface area contributed by atoms with E-state index in [1.807, 2.05) is 35.7 Å². The van der Waals surface area contributed by atoms with Crippen molar-refractivity contribution in [2.75, 3.05) is 5.73 Å². The van der Waals surface area contributed by atoms with Crippen LogP contribution in [0.25, 0.3) is 16.9 Å². The van der Waals surface area contributed by atoms with Crippen molar-refractivity contribution in [3.63, 3.8) is 0 Å². The maximum Gasteiger partial charge on any atom is 0.139 e. The number of aryl methyl sites for hydroxylation is 1. The predicted molar refractivity (Wildman–Crippen MR) is 79.8 cm³/mol. The van der Waals surface area contributed by atoms with Gasteiger partial charge < -0.3 is 5.73 Å². The number of nitrogen functional groups attached to an aromatic ring is 1. The highest BCUT2D eigenvalue weighted by atomic mass is 35.5. The Hall–Kier alpha value is -1.71. The number of benzene rings is 1. The average Bonchev–Trinajstić information content (AvgIpc) is 2.70. The van der Waals surface area contributed by atoms with Crippen LogP contribution in [-0.4, -0.2) is 9.38 Å². The van der Waals surface area contributed by atoms with Crippen LogP contribution in [0.15, 0.2) is 36.5 Å². The van der Waals surface area contributed by atoms with E-state index >= 15 is 0 Å².